The van der Waals surface area contributed by atoms with Crippen molar-refractivity contribution in [3.63, 3.8) is 0 Å². The molecule has 8 heteroatoms. The van der Waals surface area contributed by atoms with Gasteiger partial charge in [-0.3, -0.25) is 0 Å². The van der Waals surface area contributed by atoms with Crippen LogP contribution in [-0.2, 0) is 0 Å². The summed E-state index contributed by atoms with van der Waals surface area (Å²) in [6.07, 6.45) is 6.61. The van der Waals surface area contributed by atoms with Crippen molar-refractivity contribution < 1.29 is 4.39 Å². The van der Waals surface area contributed by atoms with Crippen LogP contribution in [-0.4, -0.2) is 21.3 Å². The monoisotopic (exact) mass is 522 g/mol. The Morgan fingerprint density at radius 1 is 1.12 bits per heavy atom. The van der Waals surface area contributed by atoms with Gasteiger partial charge in [0.1, 0.15) is 11.6 Å². The fourth-order valence-corrected chi connectivity index (χ4v) is 4.92. The quantitative estimate of drug-likeness (QED) is 0.284. The molecule has 2 aliphatic rings. The molecule has 0 N–H and O–H groups in total. The molecule has 1 heterocycles. The average Bonchev–Trinajstić information content (AvgIpc) is 3.72. The summed E-state index contributed by atoms with van der Waals surface area (Å²) in [5.41, 5.74) is 2.45. The average molecular weight is 524 g/mol. The second-order valence-electron chi connectivity index (χ2n) is 9.45. The molecule has 0 radical (unpaired) electrons. The molecule has 3 aromatic rings. The van der Waals surface area contributed by atoms with E-state index in [1.807, 2.05) is 22.9 Å². The van der Waals surface area contributed by atoms with E-state index in [9.17, 15) is 4.39 Å². The number of aromatic nitrogens is 3. The third-order valence-electron chi connectivity index (χ3n) is 6.63. The van der Waals surface area contributed by atoms with E-state index in [2.05, 4.69) is 17.9 Å². The molecule has 1 aromatic heterocycles. The van der Waals surface area contributed by atoms with Crippen molar-refractivity contribution >= 4 is 41.6 Å². The molecular weight excluding hydrogens is 494 g/mol. The van der Waals surface area contributed by atoms with Crippen molar-refractivity contribution in [1.82, 2.24) is 14.8 Å². The fourth-order valence-electron chi connectivity index (χ4n) is 4.44. The Hall–Kier alpha value is -1.82. The topological polar surface area (TPSA) is 34.0 Å². The summed E-state index contributed by atoms with van der Waals surface area (Å²) in [4.78, 5) is 7.31. The Kier molecular flexibility index (Phi) is 7.75. The van der Waals surface area contributed by atoms with Crippen molar-refractivity contribution in [2.75, 3.05) is 11.4 Å². The van der Waals surface area contributed by atoms with Crippen LogP contribution in [0.15, 0.2) is 36.4 Å². The van der Waals surface area contributed by atoms with Gasteiger partial charge in [-0.15, -0.1) is 17.5 Å². The zero-order valence-electron chi connectivity index (χ0n) is 19.5. The minimum atomic E-state index is -0.158. The summed E-state index contributed by atoms with van der Waals surface area (Å²) in [6, 6.07) is 11.1. The van der Waals surface area contributed by atoms with Crippen LogP contribution in [0.4, 0.5) is 10.3 Å². The van der Waals surface area contributed by atoms with Crippen molar-refractivity contribution in [1.29, 1.82) is 0 Å². The molecule has 1 unspecified atom stereocenters. The number of aryl methyl sites for hydroxylation is 1. The van der Waals surface area contributed by atoms with Crippen molar-refractivity contribution in [2.45, 2.75) is 64.3 Å². The van der Waals surface area contributed by atoms with Crippen molar-refractivity contribution in [3.8, 4) is 5.69 Å². The molecule has 0 bridgehead atoms. The van der Waals surface area contributed by atoms with E-state index in [4.69, 9.17) is 33.3 Å². The van der Waals surface area contributed by atoms with Crippen LogP contribution in [0.5, 0.6) is 0 Å². The molecule has 2 saturated carbocycles. The molecule has 2 aromatic carbocycles. The van der Waals surface area contributed by atoms with Gasteiger partial charge in [-0.25, -0.2) is 9.07 Å². The Bertz CT molecular complexity index is 1160. The Balaban J connectivity index is 0.00000274. The maximum absolute atomic E-state index is 14.5. The summed E-state index contributed by atoms with van der Waals surface area (Å²) >= 11 is 12.7. The molecule has 182 valence electrons. The first-order chi connectivity index (χ1) is 15.9. The van der Waals surface area contributed by atoms with Crippen LogP contribution < -0.4 is 4.90 Å². The maximum Gasteiger partial charge on any atom is 0.245 e. The van der Waals surface area contributed by atoms with Crippen LogP contribution in [0, 0.1) is 18.7 Å². The van der Waals surface area contributed by atoms with E-state index in [0.717, 1.165) is 49.3 Å². The van der Waals surface area contributed by atoms with Crippen LogP contribution in [0.3, 0.4) is 0 Å². The van der Waals surface area contributed by atoms with Gasteiger partial charge < -0.3 is 4.90 Å². The number of benzene rings is 2. The number of anilines is 1. The molecule has 2 fully saturated rings. The van der Waals surface area contributed by atoms with Crippen molar-refractivity contribution in [3.05, 3.63) is 69.2 Å². The second-order valence-corrected chi connectivity index (χ2v) is 10.3. The number of halogens is 4. The van der Waals surface area contributed by atoms with Gasteiger partial charge in [0.05, 0.1) is 16.8 Å². The predicted octanol–water partition coefficient (Wildman–Crippen LogP) is 8.08. The molecule has 0 spiro atoms. The number of nitrogens with zero attached hydrogens (tertiary/aromatic N) is 4. The first-order valence-electron chi connectivity index (χ1n) is 11.9. The summed E-state index contributed by atoms with van der Waals surface area (Å²) < 4.78 is 16.4. The highest BCUT2D eigenvalue weighted by Gasteiger charge is 2.35. The molecular formula is C26H30Cl3FN4. The van der Waals surface area contributed by atoms with Gasteiger partial charge in [-0.1, -0.05) is 55.1 Å². The minimum absolute atomic E-state index is 0. The standard InChI is InChI=1S/C26H29Cl2FN4.ClH/c1-3-12-32(24(13-17-5-6-17)19-7-4-16(2)22(29)14-19)26-30-25(18-8-9-18)33(31-26)23-11-10-20(27)15-21(23)28;/h4,7,10-11,14-15,17-18,24H,3,5-6,8-9,12-13H2,1-2H3;1H. The van der Waals surface area contributed by atoms with Crippen LogP contribution >= 0.6 is 35.6 Å². The zero-order valence-corrected chi connectivity index (χ0v) is 21.8. The molecule has 0 amide bonds. The van der Waals surface area contributed by atoms with E-state index < -0.39 is 0 Å². The van der Waals surface area contributed by atoms with Gasteiger partial charge in [0.15, 0.2) is 0 Å². The summed E-state index contributed by atoms with van der Waals surface area (Å²) in [7, 11) is 0. The second kappa shape index (κ2) is 10.4. The van der Waals surface area contributed by atoms with Crippen molar-refractivity contribution in [2.24, 2.45) is 5.92 Å². The molecule has 5 rings (SSSR count). The zero-order chi connectivity index (χ0) is 23.1. The lowest BCUT2D eigenvalue weighted by Crippen LogP contribution is -2.31. The van der Waals surface area contributed by atoms with Crippen LogP contribution in [0.1, 0.15) is 74.4 Å². The van der Waals surface area contributed by atoms with E-state index in [1.165, 1.54) is 12.8 Å². The molecule has 4 nitrogen and oxygen atoms in total. The Morgan fingerprint density at radius 2 is 1.88 bits per heavy atom. The third-order valence-corrected chi connectivity index (χ3v) is 7.17. The Labute approximate surface area is 216 Å². The summed E-state index contributed by atoms with van der Waals surface area (Å²) in [5.74, 6) is 2.54. The van der Waals surface area contributed by atoms with E-state index in [0.29, 0.717) is 33.4 Å². The van der Waals surface area contributed by atoms with Gasteiger partial charge in [0.25, 0.3) is 0 Å². The van der Waals surface area contributed by atoms with Gasteiger partial charge in [-0.2, -0.15) is 4.98 Å². The van der Waals surface area contributed by atoms with Gasteiger partial charge in [-0.05, 0) is 73.9 Å². The third kappa shape index (κ3) is 5.37. The fraction of sp³-hybridized carbons (Fsp3) is 0.462. The van der Waals surface area contributed by atoms with Gasteiger partial charge in [0, 0.05) is 17.5 Å². The van der Waals surface area contributed by atoms with Crippen LogP contribution in [0.25, 0.3) is 5.69 Å². The highest BCUT2D eigenvalue weighted by molar-refractivity contribution is 6.35. The Morgan fingerprint density at radius 3 is 2.50 bits per heavy atom. The lowest BCUT2D eigenvalue weighted by Gasteiger charge is -2.31. The van der Waals surface area contributed by atoms with Gasteiger partial charge in [0.2, 0.25) is 5.95 Å². The van der Waals surface area contributed by atoms with E-state index >= 15 is 0 Å². The largest absolute Gasteiger partial charge is 0.332 e. The lowest BCUT2D eigenvalue weighted by atomic mass is 9.98. The number of hydrogen-bond donors (Lipinski definition) is 0. The number of rotatable bonds is 9. The van der Waals surface area contributed by atoms with E-state index in [-0.39, 0.29) is 24.3 Å². The molecule has 1 atom stereocenters. The molecule has 34 heavy (non-hydrogen) atoms. The first-order valence-corrected chi connectivity index (χ1v) is 12.6. The minimum Gasteiger partial charge on any atom is -0.332 e. The summed E-state index contributed by atoms with van der Waals surface area (Å²) in [6.45, 7) is 4.76. The summed E-state index contributed by atoms with van der Waals surface area (Å²) in [5, 5.41) is 6.12. The van der Waals surface area contributed by atoms with E-state index in [1.54, 1.807) is 19.1 Å². The SMILES string of the molecule is CCCN(c1nc(C2CC2)n(-c2ccc(Cl)cc2Cl)n1)C(CC1CC1)c1ccc(C)c(F)c1.Cl. The first kappa shape index (κ1) is 25.3. The molecule has 2 aliphatic carbocycles. The lowest BCUT2D eigenvalue weighted by molar-refractivity contribution is 0.521. The highest BCUT2D eigenvalue weighted by atomic mass is 35.5. The number of hydrogen-bond acceptors (Lipinski definition) is 3. The van der Waals surface area contributed by atoms with Gasteiger partial charge >= 0.3 is 0 Å². The molecule has 0 aliphatic heterocycles. The maximum atomic E-state index is 14.5. The highest BCUT2D eigenvalue weighted by Crippen LogP contribution is 2.44. The smallest absolute Gasteiger partial charge is 0.245 e. The normalized spacial score (nSPS) is 16.3. The van der Waals surface area contributed by atoms with Crippen LogP contribution in [0.2, 0.25) is 10.0 Å². The predicted molar refractivity (Wildman–Crippen MR) is 139 cm³/mol. The molecule has 0 saturated heterocycles.